The molecule has 1 aromatic heterocycles. The lowest BCUT2D eigenvalue weighted by Gasteiger charge is -2.39. The predicted molar refractivity (Wildman–Crippen MR) is 86.7 cm³/mol. The number of piperidine rings is 1. The Bertz CT molecular complexity index is 549. The summed E-state index contributed by atoms with van der Waals surface area (Å²) in [5.74, 6) is -0.795. The van der Waals surface area contributed by atoms with Crippen molar-refractivity contribution in [2.75, 3.05) is 26.7 Å². The number of hydrogen-bond acceptors (Lipinski definition) is 4. The highest BCUT2D eigenvalue weighted by atomic mass is 16.4. The first kappa shape index (κ1) is 17.4. The van der Waals surface area contributed by atoms with Crippen LogP contribution in [0.5, 0.6) is 0 Å². The van der Waals surface area contributed by atoms with E-state index in [4.69, 9.17) is 0 Å². The van der Waals surface area contributed by atoms with Crippen molar-refractivity contribution in [3.63, 3.8) is 0 Å². The van der Waals surface area contributed by atoms with Crippen LogP contribution in [0.15, 0.2) is 24.5 Å². The number of carboxylic acid groups (broad SMARTS) is 1. The van der Waals surface area contributed by atoms with Crippen LogP contribution >= 0.6 is 0 Å². The average molecular weight is 319 g/mol. The Hall–Kier alpha value is -1.95. The van der Waals surface area contributed by atoms with Crippen LogP contribution in [0.1, 0.15) is 31.7 Å². The standard InChI is InChI=1S/C17H25N3O3/c1-3-17(16(22)23)7-5-9-20(13-17)15(21)12-19(2)11-14-6-4-8-18-10-14/h4,6,8,10H,3,5,7,9,11-13H2,1-2H3,(H,22,23)/t17-/m0/s1. The Balaban J connectivity index is 1.93. The van der Waals surface area contributed by atoms with Crippen molar-refractivity contribution in [2.24, 2.45) is 5.41 Å². The molecule has 1 amide bonds. The average Bonchev–Trinajstić information content (AvgIpc) is 2.55. The molecular formula is C17H25N3O3. The van der Waals surface area contributed by atoms with Crippen LogP contribution in [-0.2, 0) is 16.1 Å². The number of aromatic nitrogens is 1. The molecule has 1 saturated heterocycles. The summed E-state index contributed by atoms with van der Waals surface area (Å²) < 4.78 is 0. The Morgan fingerprint density at radius 3 is 2.87 bits per heavy atom. The van der Waals surface area contributed by atoms with E-state index in [2.05, 4.69) is 4.98 Å². The zero-order valence-corrected chi connectivity index (χ0v) is 13.9. The summed E-state index contributed by atoms with van der Waals surface area (Å²) in [7, 11) is 1.89. The molecule has 6 nitrogen and oxygen atoms in total. The molecule has 126 valence electrons. The van der Waals surface area contributed by atoms with Crippen LogP contribution in [0.25, 0.3) is 0 Å². The van der Waals surface area contributed by atoms with Gasteiger partial charge in [-0.15, -0.1) is 0 Å². The van der Waals surface area contributed by atoms with Gasteiger partial charge in [0.15, 0.2) is 0 Å². The second kappa shape index (κ2) is 7.55. The molecule has 0 bridgehead atoms. The molecule has 1 aromatic rings. The van der Waals surface area contributed by atoms with Gasteiger partial charge in [0.1, 0.15) is 0 Å². The van der Waals surface area contributed by atoms with Gasteiger partial charge in [0, 0.05) is 32.0 Å². The maximum atomic E-state index is 12.5. The topological polar surface area (TPSA) is 73.7 Å². The fourth-order valence-electron chi connectivity index (χ4n) is 3.15. The Kier molecular flexibility index (Phi) is 5.71. The van der Waals surface area contributed by atoms with Crippen LogP contribution < -0.4 is 0 Å². The maximum Gasteiger partial charge on any atom is 0.311 e. The highest BCUT2D eigenvalue weighted by Gasteiger charge is 2.42. The molecule has 0 saturated carbocycles. The van der Waals surface area contributed by atoms with E-state index in [1.807, 2.05) is 31.0 Å². The molecule has 23 heavy (non-hydrogen) atoms. The van der Waals surface area contributed by atoms with Crippen LogP contribution in [-0.4, -0.2) is 58.4 Å². The number of carboxylic acids is 1. The van der Waals surface area contributed by atoms with Gasteiger partial charge in [0.25, 0.3) is 0 Å². The summed E-state index contributed by atoms with van der Waals surface area (Å²) in [6.45, 7) is 3.78. The minimum absolute atomic E-state index is 0.00448. The van der Waals surface area contributed by atoms with E-state index in [1.165, 1.54) is 0 Å². The Morgan fingerprint density at radius 2 is 2.26 bits per heavy atom. The summed E-state index contributed by atoms with van der Waals surface area (Å²) in [6.07, 6.45) is 5.46. The quantitative estimate of drug-likeness (QED) is 0.862. The molecule has 0 unspecified atom stereocenters. The van der Waals surface area contributed by atoms with Gasteiger partial charge in [-0.2, -0.15) is 0 Å². The second-order valence-corrected chi connectivity index (χ2v) is 6.39. The second-order valence-electron chi connectivity index (χ2n) is 6.39. The number of hydrogen-bond donors (Lipinski definition) is 1. The molecule has 1 N–H and O–H groups in total. The van der Waals surface area contributed by atoms with Crippen LogP contribution in [0.3, 0.4) is 0 Å². The lowest BCUT2D eigenvalue weighted by Crippen LogP contribution is -2.51. The van der Waals surface area contributed by atoms with Gasteiger partial charge >= 0.3 is 5.97 Å². The van der Waals surface area contributed by atoms with Gasteiger partial charge in [-0.1, -0.05) is 13.0 Å². The summed E-state index contributed by atoms with van der Waals surface area (Å²) in [4.78, 5) is 31.8. The minimum Gasteiger partial charge on any atom is -0.481 e. The molecule has 6 heteroatoms. The molecular weight excluding hydrogens is 294 g/mol. The number of likely N-dealkylation sites (tertiary alicyclic amines) is 1. The molecule has 2 heterocycles. The van der Waals surface area contributed by atoms with E-state index >= 15 is 0 Å². The van der Waals surface area contributed by atoms with Crippen molar-refractivity contribution in [3.8, 4) is 0 Å². The number of carbonyl (C=O) groups is 2. The van der Waals surface area contributed by atoms with E-state index in [0.29, 0.717) is 32.5 Å². The third-order valence-electron chi connectivity index (χ3n) is 4.64. The van der Waals surface area contributed by atoms with Crippen molar-refractivity contribution in [1.29, 1.82) is 0 Å². The fourth-order valence-corrected chi connectivity index (χ4v) is 3.15. The van der Waals surface area contributed by atoms with Gasteiger partial charge in [0.2, 0.25) is 5.91 Å². The number of aliphatic carboxylic acids is 1. The van der Waals surface area contributed by atoms with E-state index in [1.54, 1.807) is 17.3 Å². The maximum absolute atomic E-state index is 12.5. The highest BCUT2D eigenvalue weighted by molar-refractivity contribution is 5.81. The molecule has 0 aromatic carbocycles. The van der Waals surface area contributed by atoms with Crippen molar-refractivity contribution in [1.82, 2.24) is 14.8 Å². The Morgan fingerprint density at radius 1 is 1.48 bits per heavy atom. The molecule has 1 aliphatic heterocycles. The van der Waals surface area contributed by atoms with Gasteiger partial charge in [-0.3, -0.25) is 19.5 Å². The van der Waals surface area contributed by atoms with Crippen LogP contribution in [0, 0.1) is 5.41 Å². The number of carbonyl (C=O) groups excluding carboxylic acids is 1. The molecule has 1 fully saturated rings. The molecule has 2 rings (SSSR count). The van der Waals surface area contributed by atoms with Crippen molar-refractivity contribution in [3.05, 3.63) is 30.1 Å². The van der Waals surface area contributed by atoms with E-state index in [-0.39, 0.29) is 12.5 Å². The minimum atomic E-state index is -0.791. The first-order chi connectivity index (χ1) is 11.0. The van der Waals surface area contributed by atoms with Crippen molar-refractivity contribution in [2.45, 2.75) is 32.7 Å². The first-order valence-corrected chi connectivity index (χ1v) is 8.05. The number of amides is 1. The molecule has 0 aliphatic carbocycles. The Labute approximate surface area is 137 Å². The van der Waals surface area contributed by atoms with Crippen LogP contribution in [0.4, 0.5) is 0 Å². The number of pyridine rings is 1. The normalized spacial score (nSPS) is 21.4. The number of likely N-dealkylation sites (N-methyl/N-ethyl adjacent to an activating group) is 1. The summed E-state index contributed by atoms with van der Waals surface area (Å²) >= 11 is 0. The number of rotatable bonds is 6. The highest BCUT2D eigenvalue weighted by Crippen LogP contribution is 2.33. The lowest BCUT2D eigenvalue weighted by atomic mass is 9.77. The smallest absolute Gasteiger partial charge is 0.311 e. The van der Waals surface area contributed by atoms with Crippen LogP contribution in [0.2, 0.25) is 0 Å². The predicted octanol–water partition coefficient (Wildman–Crippen LogP) is 1.62. The number of nitrogens with zero attached hydrogens (tertiary/aromatic N) is 3. The third kappa shape index (κ3) is 4.28. The first-order valence-electron chi connectivity index (χ1n) is 8.05. The van der Waals surface area contributed by atoms with E-state index < -0.39 is 11.4 Å². The zero-order valence-electron chi connectivity index (χ0n) is 13.9. The van der Waals surface area contributed by atoms with Gasteiger partial charge in [-0.25, -0.2) is 0 Å². The SMILES string of the molecule is CC[C@]1(C(=O)O)CCCN(C(=O)CN(C)Cc2cccnc2)C1. The van der Waals surface area contributed by atoms with Crippen molar-refractivity contribution >= 4 is 11.9 Å². The molecule has 1 atom stereocenters. The zero-order chi connectivity index (χ0) is 16.9. The largest absolute Gasteiger partial charge is 0.481 e. The monoisotopic (exact) mass is 319 g/mol. The summed E-state index contributed by atoms with van der Waals surface area (Å²) in [6, 6.07) is 3.85. The molecule has 0 spiro atoms. The van der Waals surface area contributed by atoms with E-state index in [9.17, 15) is 14.7 Å². The van der Waals surface area contributed by atoms with E-state index in [0.717, 1.165) is 12.0 Å². The van der Waals surface area contributed by atoms with Gasteiger partial charge in [-0.05, 0) is 37.9 Å². The summed E-state index contributed by atoms with van der Waals surface area (Å²) in [5.41, 5.74) is 0.269. The third-order valence-corrected chi connectivity index (χ3v) is 4.64. The van der Waals surface area contributed by atoms with Gasteiger partial charge < -0.3 is 10.0 Å². The van der Waals surface area contributed by atoms with Crippen molar-refractivity contribution < 1.29 is 14.7 Å². The molecule has 0 radical (unpaired) electrons. The molecule has 1 aliphatic rings. The van der Waals surface area contributed by atoms with Gasteiger partial charge in [0.05, 0.1) is 12.0 Å². The lowest BCUT2D eigenvalue weighted by molar-refractivity contribution is -0.155. The fraction of sp³-hybridized carbons (Fsp3) is 0.588. The summed E-state index contributed by atoms with van der Waals surface area (Å²) in [5, 5.41) is 9.51.